The van der Waals surface area contributed by atoms with Crippen LogP contribution in [0.25, 0.3) is 0 Å². The van der Waals surface area contributed by atoms with Gasteiger partial charge < -0.3 is 9.84 Å². The molecule has 0 aromatic heterocycles. The van der Waals surface area contributed by atoms with Gasteiger partial charge in [0.15, 0.2) is 0 Å². The van der Waals surface area contributed by atoms with Crippen molar-refractivity contribution >= 4 is 28.6 Å². The number of halogens is 1. The van der Waals surface area contributed by atoms with Crippen molar-refractivity contribution in [2.45, 2.75) is 56.3 Å². The van der Waals surface area contributed by atoms with Crippen LogP contribution in [0.5, 0.6) is 0 Å². The van der Waals surface area contributed by atoms with Crippen LogP contribution in [0.3, 0.4) is 0 Å². The van der Waals surface area contributed by atoms with Crippen LogP contribution in [-0.4, -0.2) is 21.6 Å². The molecule has 0 radical (unpaired) electrons. The number of aliphatic hydroxyl groups is 1. The topological polar surface area (TPSA) is 46.5 Å². The number of alkyl halides is 1. The van der Waals surface area contributed by atoms with Crippen molar-refractivity contribution in [2.75, 3.05) is 6.61 Å². The van der Waals surface area contributed by atoms with E-state index < -0.39 is 0 Å². The van der Waals surface area contributed by atoms with Crippen molar-refractivity contribution in [3.63, 3.8) is 0 Å². The number of aliphatic hydroxyl groups excluding tert-OH is 1. The van der Waals surface area contributed by atoms with Gasteiger partial charge in [0, 0.05) is 11.3 Å². The van der Waals surface area contributed by atoms with Crippen molar-refractivity contribution in [3.05, 3.63) is 11.3 Å². The number of esters is 1. The van der Waals surface area contributed by atoms with Crippen LogP contribution < -0.4 is 0 Å². The van der Waals surface area contributed by atoms with E-state index in [2.05, 4.69) is 29.5 Å². The highest BCUT2D eigenvalue weighted by Crippen LogP contribution is 2.50. The van der Waals surface area contributed by atoms with Gasteiger partial charge >= 0.3 is 5.97 Å². The first-order valence-corrected chi connectivity index (χ1v) is 8.43. The maximum atomic E-state index is 11.8. The Bertz CT molecular complexity index is 391. The molecule has 108 valence electrons. The number of rotatable bonds is 4. The summed E-state index contributed by atoms with van der Waals surface area (Å²) in [5.41, 5.74) is 1.28. The minimum atomic E-state index is -0.0870. The second kappa shape index (κ2) is 6.02. The van der Waals surface area contributed by atoms with E-state index in [9.17, 15) is 9.90 Å². The summed E-state index contributed by atoms with van der Waals surface area (Å²) in [6, 6.07) is 0. The van der Waals surface area contributed by atoms with Crippen LogP contribution in [0.15, 0.2) is 11.3 Å². The molecule has 0 aromatic rings. The zero-order chi connectivity index (χ0) is 14.0. The average molecular weight is 378 g/mol. The molecule has 0 aromatic carbocycles. The normalized spacial score (nSPS) is 32.1. The zero-order valence-electron chi connectivity index (χ0n) is 11.7. The summed E-state index contributed by atoms with van der Waals surface area (Å²) in [5, 5.41) is 10.1. The number of carbonyl (C=O) groups excluding carboxylic acids is 1. The fraction of sp³-hybridized carbons (Fsp3) is 0.800. The molecule has 1 fully saturated rings. The van der Waals surface area contributed by atoms with Crippen LogP contribution >= 0.6 is 22.6 Å². The third-order valence-electron chi connectivity index (χ3n) is 4.48. The molecule has 3 nitrogen and oxygen atoms in total. The Morgan fingerprint density at radius 2 is 2.37 bits per heavy atom. The molecule has 0 spiro atoms. The first-order chi connectivity index (χ1) is 8.97. The summed E-state index contributed by atoms with van der Waals surface area (Å²) < 4.78 is 5.50. The van der Waals surface area contributed by atoms with Gasteiger partial charge in [0.05, 0.1) is 12.4 Å². The molecule has 1 N–H and O–H groups in total. The molecule has 0 aliphatic heterocycles. The lowest BCUT2D eigenvalue weighted by molar-refractivity contribution is -0.147. The quantitative estimate of drug-likeness (QED) is 0.454. The maximum absolute atomic E-state index is 11.8. The van der Waals surface area contributed by atoms with E-state index in [0.29, 0.717) is 12.4 Å². The largest absolute Gasteiger partial charge is 0.512 e. The van der Waals surface area contributed by atoms with Gasteiger partial charge in [0.2, 0.25) is 0 Å². The van der Waals surface area contributed by atoms with Gasteiger partial charge in [-0.2, -0.15) is 0 Å². The Morgan fingerprint density at radius 3 is 3.05 bits per heavy atom. The van der Waals surface area contributed by atoms with Crippen molar-refractivity contribution < 1.29 is 14.6 Å². The van der Waals surface area contributed by atoms with Crippen LogP contribution in [0.4, 0.5) is 0 Å². The lowest BCUT2D eigenvalue weighted by Gasteiger charge is -2.44. The molecule has 3 unspecified atom stereocenters. The van der Waals surface area contributed by atoms with E-state index in [0.717, 1.165) is 38.5 Å². The number of hydrogen-bond donors (Lipinski definition) is 1. The highest BCUT2D eigenvalue weighted by molar-refractivity contribution is 14.1. The Hall–Kier alpha value is -0.260. The van der Waals surface area contributed by atoms with Gasteiger partial charge in [-0.1, -0.05) is 36.4 Å². The van der Waals surface area contributed by atoms with E-state index in [1.54, 1.807) is 0 Å². The summed E-state index contributed by atoms with van der Waals surface area (Å²) in [4.78, 5) is 11.8. The first kappa shape index (κ1) is 15.1. The van der Waals surface area contributed by atoms with E-state index in [4.69, 9.17) is 4.74 Å². The molecule has 0 amide bonds. The lowest BCUT2D eigenvalue weighted by atomic mass is 9.63. The molecule has 0 saturated heterocycles. The molecule has 0 heterocycles. The number of carbonyl (C=O) groups is 1. The van der Waals surface area contributed by atoms with Gasteiger partial charge in [-0.25, -0.2) is 0 Å². The van der Waals surface area contributed by atoms with E-state index in [-0.39, 0.29) is 21.2 Å². The molecular formula is C15H23IO3. The highest BCUT2D eigenvalue weighted by atomic mass is 127. The number of allylic oxidation sites excluding steroid dienone is 2. The predicted molar refractivity (Wildman–Crippen MR) is 83.4 cm³/mol. The van der Waals surface area contributed by atoms with Gasteiger partial charge in [-0.05, 0) is 44.1 Å². The minimum Gasteiger partial charge on any atom is -0.512 e. The highest BCUT2D eigenvalue weighted by Gasteiger charge is 2.42. The molecule has 2 aliphatic carbocycles. The van der Waals surface area contributed by atoms with E-state index >= 15 is 0 Å². The second-order valence-corrected chi connectivity index (χ2v) is 7.61. The van der Waals surface area contributed by atoms with Gasteiger partial charge in [0.25, 0.3) is 0 Å². The zero-order valence-corrected chi connectivity index (χ0v) is 13.9. The summed E-state index contributed by atoms with van der Waals surface area (Å²) in [6.45, 7) is 4.59. The third-order valence-corrected chi connectivity index (χ3v) is 5.87. The maximum Gasteiger partial charge on any atom is 0.318 e. The summed E-state index contributed by atoms with van der Waals surface area (Å²) in [6.07, 6.45) is 5.89. The molecule has 2 rings (SSSR count). The molecule has 1 saturated carbocycles. The van der Waals surface area contributed by atoms with Crippen molar-refractivity contribution in [1.82, 2.24) is 0 Å². The predicted octanol–water partition coefficient (Wildman–Crippen LogP) is 4.16. The Morgan fingerprint density at radius 1 is 1.63 bits per heavy atom. The molecule has 2 bridgehead atoms. The van der Waals surface area contributed by atoms with Crippen LogP contribution in [-0.2, 0) is 9.53 Å². The Kier molecular flexibility index (Phi) is 4.79. The first-order valence-electron chi connectivity index (χ1n) is 7.19. The van der Waals surface area contributed by atoms with Gasteiger partial charge in [-0.15, -0.1) is 0 Å². The molecule has 4 heteroatoms. The Labute approximate surface area is 128 Å². The third kappa shape index (κ3) is 3.26. The minimum absolute atomic E-state index is 0.0398. The van der Waals surface area contributed by atoms with Crippen molar-refractivity contribution in [3.8, 4) is 0 Å². The second-order valence-electron chi connectivity index (χ2n) is 6.11. The summed E-state index contributed by atoms with van der Waals surface area (Å²) in [5.74, 6) is 0.724. The van der Waals surface area contributed by atoms with Crippen LogP contribution in [0.1, 0.15) is 52.4 Å². The van der Waals surface area contributed by atoms with E-state index in [1.807, 2.05) is 6.92 Å². The smallest absolute Gasteiger partial charge is 0.318 e. The fourth-order valence-electron chi connectivity index (χ4n) is 3.46. The van der Waals surface area contributed by atoms with Crippen LogP contribution in [0, 0.1) is 11.3 Å². The van der Waals surface area contributed by atoms with Gasteiger partial charge in [0.1, 0.15) is 3.92 Å². The number of fused-ring (bicyclic) bond motifs is 2. The van der Waals surface area contributed by atoms with Crippen molar-refractivity contribution in [2.24, 2.45) is 11.3 Å². The molecular weight excluding hydrogens is 355 g/mol. The fourth-order valence-corrected chi connectivity index (χ4v) is 3.64. The van der Waals surface area contributed by atoms with Crippen LogP contribution in [0.2, 0.25) is 0 Å². The molecule has 3 atom stereocenters. The number of hydrogen-bond acceptors (Lipinski definition) is 3. The van der Waals surface area contributed by atoms with E-state index in [1.165, 1.54) is 5.57 Å². The number of ether oxygens (including phenoxy) is 1. The standard InChI is InChI=1S/C15H23IO3/c1-3-12(16)14(18)19-9-15-6-4-5-11(8-15)13(17)10(2)7-15/h10,12,17H,3-9H2,1-2H3. The molecule has 2 aliphatic rings. The lowest BCUT2D eigenvalue weighted by Crippen LogP contribution is -2.38. The molecule has 19 heavy (non-hydrogen) atoms. The summed E-state index contributed by atoms with van der Waals surface area (Å²) >= 11 is 2.14. The average Bonchev–Trinajstić information content (AvgIpc) is 2.42. The SMILES string of the molecule is CCC(I)C(=O)OCC12CCCC(=C(O)C(C)C1)C2. The summed E-state index contributed by atoms with van der Waals surface area (Å²) in [7, 11) is 0. The monoisotopic (exact) mass is 378 g/mol. The Balaban J connectivity index is 2.02. The van der Waals surface area contributed by atoms with Crippen molar-refractivity contribution in [1.29, 1.82) is 0 Å². The van der Waals surface area contributed by atoms with Gasteiger partial charge in [-0.3, -0.25) is 4.79 Å².